The fraction of sp³-hybridized carbons (Fsp3) is 0.429. The van der Waals surface area contributed by atoms with Crippen molar-refractivity contribution in [2.45, 2.75) is 25.8 Å². The Morgan fingerprint density at radius 3 is 2.32 bits per heavy atom. The van der Waals surface area contributed by atoms with Gasteiger partial charge in [0.15, 0.2) is 0 Å². The molecule has 2 amide bonds. The highest BCUT2D eigenvalue weighted by Gasteiger charge is 2.29. The average molecular weight is 263 g/mol. The number of hydrogen-bond donors (Lipinski definition) is 3. The summed E-state index contributed by atoms with van der Waals surface area (Å²) in [6, 6.07) is 9.24. The van der Waals surface area contributed by atoms with Gasteiger partial charge in [0.1, 0.15) is 5.54 Å². The summed E-state index contributed by atoms with van der Waals surface area (Å²) in [5.41, 5.74) is 5.79. The molecule has 0 bridgehead atoms. The Morgan fingerprint density at radius 2 is 1.74 bits per heavy atom. The highest BCUT2D eigenvalue weighted by Crippen LogP contribution is 2.17. The Balaban J connectivity index is 2.42. The van der Waals surface area contributed by atoms with Crippen molar-refractivity contribution in [3.8, 4) is 0 Å². The van der Waals surface area contributed by atoms with Crippen molar-refractivity contribution in [1.82, 2.24) is 10.6 Å². The summed E-state index contributed by atoms with van der Waals surface area (Å²) in [6.07, 6.45) is 0.677. The maximum Gasteiger partial charge on any atom is 0.244 e. The molecule has 0 heterocycles. The number of amides is 2. The first-order chi connectivity index (χ1) is 8.94. The van der Waals surface area contributed by atoms with Crippen LogP contribution in [0.3, 0.4) is 0 Å². The van der Waals surface area contributed by atoms with Crippen LogP contribution in [-0.2, 0) is 15.1 Å². The van der Waals surface area contributed by atoms with E-state index in [9.17, 15) is 9.59 Å². The average Bonchev–Trinajstić information content (AvgIpc) is 2.38. The third kappa shape index (κ3) is 4.71. The van der Waals surface area contributed by atoms with E-state index in [0.717, 1.165) is 5.56 Å². The lowest BCUT2D eigenvalue weighted by Crippen LogP contribution is -2.49. The lowest BCUT2D eigenvalue weighted by atomic mass is 9.92. The summed E-state index contributed by atoms with van der Waals surface area (Å²) in [7, 11) is 0. The molecule has 0 saturated carbocycles. The first-order valence-electron chi connectivity index (χ1n) is 6.31. The Bertz CT molecular complexity index is 430. The zero-order valence-corrected chi connectivity index (χ0v) is 11.4. The summed E-state index contributed by atoms with van der Waals surface area (Å²) in [5, 5.41) is 5.45. The third-order valence-corrected chi connectivity index (χ3v) is 2.86. The normalized spacial score (nSPS) is 13.4. The van der Waals surface area contributed by atoms with Crippen LogP contribution >= 0.6 is 0 Å². The van der Waals surface area contributed by atoms with E-state index in [0.29, 0.717) is 19.5 Å². The van der Waals surface area contributed by atoms with Crippen LogP contribution in [0.25, 0.3) is 0 Å². The van der Waals surface area contributed by atoms with Crippen LogP contribution < -0.4 is 16.4 Å². The van der Waals surface area contributed by atoms with E-state index in [1.54, 1.807) is 6.92 Å². The molecule has 0 saturated heterocycles. The minimum Gasteiger partial charge on any atom is -0.356 e. The van der Waals surface area contributed by atoms with Crippen LogP contribution in [-0.4, -0.2) is 24.9 Å². The van der Waals surface area contributed by atoms with E-state index in [4.69, 9.17) is 5.73 Å². The van der Waals surface area contributed by atoms with E-state index in [1.807, 2.05) is 30.3 Å². The van der Waals surface area contributed by atoms with Crippen molar-refractivity contribution in [2.75, 3.05) is 13.1 Å². The quantitative estimate of drug-likeness (QED) is 0.654. The minimum atomic E-state index is -1.05. The van der Waals surface area contributed by atoms with Gasteiger partial charge in [-0.15, -0.1) is 0 Å². The summed E-state index contributed by atoms with van der Waals surface area (Å²) < 4.78 is 0. The molecule has 1 aromatic carbocycles. The largest absolute Gasteiger partial charge is 0.356 e. The highest BCUT2D eigenvalue weighted by molar-refractivity contribution is 5.86. The lowest BCUT2D eigenvalue weighted by molar-refractivity contribution is -0.126. The fourth-order valence-electron chi connectivity index (χ4n) is 1.65. The van der Waals surface area contributed by atoms with Gasteiger partial charge in [0.2, 0.25) is 11.8 Å². The first-order valence-corrected chi connectivity index (χ1v) is 6.31. The van der Waals surface area contributed by atoms with Crippen molar-refractivity contribution in [3.05, 3.63) is 35.9 Å². The molecule has 5 nitrogen and oxygen atoms in total. The van der Waals surface area contributed by atoms with Crippen LogP contribution in [0.15, 0.2) is 30.3 Å². The number of carbonyl (C=O) groups is 2. The summed E-state index contributed by atoms with van der Waals surface area (Å²) in [6.45, 7) is 4.18. The molecule has 0 fully saturated rings. The van der Waals surface area contributed by atoms with E-state index < -0.39 is 5.54 Å². The van der Waals surface area contributed by atoms with E-state index in [2.05, 4.69) is 10.6 Å². The molecule has 1 atom stereocenters. The van der Waals surface area contributed by atoms with Crippen LogP contribution in [0.5, 0.6) is 0 Å². The SMILES string of the molecule is CC(=O)NCCCNC(=O)C(C)(N)c1ccccc1. The maximum absolute atomic E-state index is 12.0. The summed E-state index contributed by atoms with van der Waals surface area (Å²) in [4.78, 5) is 22.7. The molecular weight excluding hydrogens is 242 g/mol. The topological polar surface area (TPSA) is 84.2 Å². The minimum absolute atomic E-state index is 0.0701. The van der Waals surface area contributed by atoms with Crippen molar-refractivity contribution in [1.29, 1.82) is 0 Å². The summed E-state index contributed by atoms with van der Waals surface area (Å²) in [5.74, 6) is -0.291. The first kappa shape index (κ1) is 15.2. The number of benzene rings is 1. The zero-order valence-electron chi connectivity index (χ0n) is 11.4. The van der Waals surface area contributed by atoms with Crippen LogP contribution in [0.2, 0.25) is 0 Å². The molecule has 1 unspecified atom stereocenters. The predicted molar refractivity (Wildman–Crippen MR) is 74.3 cm³/mol. The molecule has 19 heavy (non-hydrogen) atoms. The Hall–Kier alpha value is -1.88. The molecule has 0 aliphatic carbocycles. The molecule has 104 valence electrons. The van der Waals surface area contributed by atoms with Crippen LogP contribution in [0.4, 0.5) is 0 Å². The van der Waals surface area contributed by atoms with Gasteiger partial charge in [0, 0.05) is 20.0 Å². The van der Waals surface area contributed by atoms with E-state index in [-0.39, 0.29) is 11.8 Å². The molecule has 0 radical (unpaired) electrons. The Kier molecular flexibility index (Phi) is 5.51. The van der Waals surface area contributed by atoms with Crippen molar-refractivity contribution in [3.63, 3.8) is 0 Å². The molecule has 0 aliphatic rings. The maximum atomic E-state index is 12.0. The lowest BCUT2D eigenvalue weighted by Gasteiger charge is -2.24. The number of nitrogens with one attached hydrogen (secondary N) is 2. The molecule has 1 aromatic rings. The van der Waals surface area contributed by atoms with Crippen molar-refractivity contribution in [2.24, 2.45) is 5.73 Å². The number of carbonyl (C=O) groups excluding carboxylic acids is 2. The second-order valence-electron chi connectivity index (χ2n) is 4.66. The number of rotatable bonds is 6. The van der Waals surface area contributed by atoms with Gasteiger partial charge in [-0.3, -0.25) is 9.59 Å². The van der Waals surface area contributed by atoms with Gasteiger partial charge >= 0.3 is 0 Å². The van der Waals surface area contributed by atoms with Gasteiger partial charge in [-0.25, -0.2) is 0 Å². The smallest absolute Gasteiger partial charge is 0.244 e. The number of nitrogens with two attached hydrogens (primary N) is 1. The fourth-order valence-corrected chi connectivity index (χ4v) is 1.65. The molecule has 1 rings (SSSR count). The number of hydrogen-bond acceptors (Lipinski definition) is 3. The second kappa shape index (κ2) is 6.89. The van der Waals surface area contributed by atoms with Crippen molar-refractivity contribution < 1.29 is 9.59 Å². The Labute approximate surface area is 113 Å². The predicted octanol–water partition coefficient (Wildman–Crippen LogP) is 0.503. The zero-order chi connectivity index (χ0) is 14.3. The Morgan fingerprint density at radius 1 is 1.16 bits per heavy atom. The third-order valence-electron chi connectivity index (χ3n) is 2.86. The molecule has 0 aromatic heterocycles. The molecular formula is C14H21N3O2. The van der Waals surface area contributed by atoms with Gasteiger partial charge < -0.3 is 16.4 Å². The second-order valence-corrected chi connectivity index (χ2v) is 4.66. The standard InChI is InChI=1S/C14H21N3O2/c1-11(18)16-9-6-10-17-13(19)14(2,15)12-7-4-3-5-8-12/h3-5,7-8H,6,9-10,15H2,1-2H3,(H,16,18)(H,17,19). The molecule has 4 N–H and O–H groups in total. The van der Waals surface area contributed by atoms with Gasteiger partial charge in [-0.05, 0) is 18.9 Å². The van der Waals surface area contributed by atoms with Gasteiger partial charge in [-0.2, -0.15) is 0 Å². The summed E-state index contributed by atoms with van der Waals surface area (Å²) >= 11 is 0. The monoisotopic (exact) mass is 263 g/mol. The highest BCUT2D eigenvalue weighted by atomic mass is 16.2. The van der Waals surface area contributed by atoms with Crippen LogP contribution in [0.1, 0.15) is 25.8 Å². The van der Waals surface area contributed by atoms with E-state index in [1.165, 1.54) is 6.92 Å². The molecule has 0 aliphatic heterocycles. The molecule has 5 heteroatoms. The van der Waals surface area contributed by atoms with E-state index >= 15 is 0 Å². The van der Waals surface area contributed by atoms with Crippen molar-refractivity contribution >= 4 is 11.8 Å². The van der Waals surface area contributed by atoms with Gasteiger partial charge in [-0.1, -0.05) is 30.3 Å². The molecule has 0 spiro atoms. The van der Waals surface area contributed by atoms with Gasteiger partial charge in [0.25, 0.3) is 0 Å². The van der Waals surface area contributed by atoms with Crippen LogP contribution in [0, 0.1) is 0 Å². The van der Waals surface area contributed by atoms with Gasteiger partial charge in [0.05, 0.1) is 0 Å².